The predicted octanol–water partition coefficient (Wildman–Crippen LogP) is 6.64. The Balaban J connectivity index is 2.02. The largest absolute Gasteiger partial charge is 0.435 e. The maximum absolute atomic E-state index is 14.0. The number of hydrogen-bond acceptors (Lipinski definition) is 3. The van der Waals surface area contributed by atoms with E-state index in [2.05, 4.69) is 5.92 Å². The second-order valence-corrected chi connectivity index (χ2v) is 8.97. The molecule has 0 fully saturated rings. The Hall–Kier alpha value is -2.95. The molecule has 29 heavy (non-hydrogen) atoms. The highest BCUT2D eigenvalue weighted by Gasteiger charge is 2.31. The first-order chi connectivity index (χ1) is 13.9. The zero-order valence-corrected chi connectivity index (χ0v) is 17.9. The van der Waals surface area contributed by atoms with Crippen LogP contribution in [0.5, 0.6) is 11.5 Å². The molecule has 0 aliphatic rings. The van der Waals surface area contributed by atoms with E-state index < -0.39 is 7.60 Å². The monoisotopic (exact) mass is 404 g/mol. The van der Waals surface area contributed by atoms with Gasteiger partial charge >= 0.3 is 7.60 Å². The lowest BCUT2D eigenvalue weighted by atomic mass is 10.1. The van der Waals surface area contributed by atoms with Gasteiger partial charge < -0.3 is 9.05 Å². The van der Waals surface area contributed by atoms with Gasteiger partial charge in [0.15, 0.2) is 0 Å². The number of benzene rings is 3. The van der Waals surface area contributed by atoms with Gasteiger partial charge in [0.25, 0.3) is 0 Å². The molecule has 0 aliphatic heterocycles. The molecule has 0 spiro atoms. The minimum absolute atomic E-state index is 0.132. The molecule has 3 aromatic rings. The summed E-state index contributed by atoms with van der Waals surface area (Å²) in [5.41, 5.74) is 4.73. The van der Waals surface area contributed by atoms with Crippen LogP contribution in [0.1, 0.15) is 27.8 Å². The van der Waals surface area contributed by atoms with Crippen LogP contribution in [-0.2, 0) is 17.1 Å². The number of rotatable bonds is 7. The van der Waals surface area contributed by atoms with E-state index in [-0.39, 0.29) is 6.16 Å². The van der Waals surface area contributed by atoms with Crippen LogP contribution in [0.3, 0.4) is 0 Å². The SMILES string of the molecule is C#CCc1ccccc1CP(=O)(Oc1ccccc1C)Oc1cccc(C)c1C. The molecule has 1 atom stereocenters. The van der Waals surface area contributed by atoms with Crippen LogP contribution in [0.4, 0.5) is 0 Å². The summed E-state index contributed by atoms with van der Waals surface area (Å²) in [5.74, 6) is 3.78. The highest BCUT2D eigenvalue weighted by Crippen LogP contribution is 2.53. The average molecular weight is 404 g/mol. The molecule has 1 unspecified atom stereocenters. The molecule has 0 radical (unpaired) electrons. The minimum atomic E-state index is -3.58. The minimum Gasteiger partial charge on any atom is -0.416 e. The number of aryl methyl sites for hydroxylation is 2. The fraction of sp³-hybridized carbons (Fsp3) is 0.200. The molecule has 3 aromatic carbocycles. The molecule has 4 heteroatoms. The molecule has 0 aliphatic carbocycles. The van der Waals surface area contributed by atoms with E-state index in [1.807, 2.05) is 87.5 Å². The third-order valence-corrected chi connectivity index (χ3v) is 6.58. The third kappa shape index (κ3) is 5.11. The van der Waals surface area contributed by atoms with E-state index in [1.54, 1.807) is 0 Å². The van der Waals surface area contributed by atoms with Gasteiger partial charge in [-0.05, 0) is 60.7 Å². The average Bonchev–Trinajstić information content (AvgIpc) is 2.69. The zero-order chi connectivity index (χ0) is 20.9. The molecule has 0 amide bonds. The molecule has 148 valence electrons. The smallest absolute Gasteiger partial charge is 0.416 e. The summed E-state index contributed by atoms with van der Waals surface area (Å²) in [6, 6.07) is 20.9. The Kier molecular flexibility index (Phi) is 6.47. The molecule has 0 saturated heterocycles. The molecule has 0 saturated carbocycles. The zero-order valence-electron chi connectivity index (χ0n) is 17.0. The van der Waals surface area contributed by atoms with Gasteiger partial charge in [0.1, 0.15) is 11.5 Å². The molecule has 0 aromatic heterocycles. The second-order valence-electron chi connectivity index (χ2n) is 7.06. The fourth-order valence-corrected chi connectivity index (χ4v) is 4.96. The summed E-state index contributed by atoms with van der Waals surface area (Å²) in [4.78, 5) is 0. The van der Waals surface area contributed by atoms with Crippen LogP contribution in [0.2, 0.25) is 0 Å². The van der Waals surface area contributed by atoms with Crippen molar-refractivity contribution in [1.29, 1.82) is 0 Å². The van der Waals surface area contributed by atoms with Gasteiger partial charge in [0, 0.05) is 6.42 Å². The first kappa shape index (κ1) is 20.8. The Labute approximate surface area is 173 Å². The van der Waals surface area contributed by atoms with Crippen LogP contribution in [0.25, 0.3) is 0 Å². The van der Waals surface area contributed by atoms with Gasteiger partial charge in [0.05, 0.1) is 6.16 Å². The van der Waals surface area contributed by atoms with Crippen molar-refractivity contribution in [2.45, 2.75) is 33.4 Å². The van der Waals surface area contributed by atoms with Gasteiger partial charge in [-0.3, -0.25) is 0 Å². The molecular formula is C25H25O3P. The molecular weight excluding hydrogens is 379 g/mol. The fourth-order valence-electron chi connectivity index (χ4n) is 3.07. The molecule has 0 N–H and O–H groups in total. The Morgan fingerprint density at radius 2 is 1.38 bits per heavy atom. The van der Waals surface area contributed by atoms with Crippen molar-refractivity contribution >= 4 is 7.60 Å². The number of hydrogen-bond donors (Lipinski definition) is 0. The molecule has 0 bridgehead atoms. The van der Waals surface area contributed by atoms with E-state index in [4.69, 9.17) is 15.5 Å². The lowest BCUT2D eigenvalue weighted by Crippen LogP contribution is -2.07. The standard InChI is InChI=1S/C25H25O3P/c1-5-11-22-14-7-8-15-23(22)18-29(26,27-24-16-9-6-12-20(24)3)28-25-17-10-13-19(2)21(25)4/h1,6-10,12-17H,11,18H2,2-4H3. The van der Waals surface area contributed by atoms with Crippen LogP contribution in [0.15, 0.2) is 66.7 Å². The van der Waals surface area contributed by atoms with Crippen LogP contribution >= 0.6 is 7.60 Å². The highest BCUT2D eigenvalue weighted by molar-refractivity contribution is 7.53. The Morgan fingerprint density at radius 1 is 0.793 bits per heavy atom. The van der Waals surface area contributed by atoms with Gasteiger partial charge in [-0.25, -0.2) is 4.57 Å². The Morgan fingerprint density at radius 3 is 2.10 bits per heavy atom. The van der Waals surface area contributed by atoms with Crippen molar-refractivity contribution in [2.75, 3.05) is 0 Å². The van der Waals surface area contributed by atoms with Crippen molar-refractivity contribution in [1.82, 2.24) is 0 Å². The van der Waals surface area contributed by atoms with Gasteiger partial charge in [0.2, 0.25) is 0 Å². The van der Waals surface area contributed by atoms with Gasteiger partial charge in [-0.1, -0.05) is 54.6 Å². The summed E-state index contributed by atoms with van der Waals surface area (Å²) >= 11 is 0. The first-order valence-electron chi connectivity index (χ1n) is 9.52. The van der Waals surface area contributed by atoms with Crippen LogP contribution < -0.4 is 9.05 Å². The lowest BCUT2D eigenvalue weighted by Gasteiger charge is -2.23. The first-order valence-corrected chi connectivity index (χ1v) is 11.2. The van der Waals surface area contributed by atoms with Crippen LogP contribution in [-0.4, -0.2) is 0 Å². The number of terminal acetylenes is 1. The van der Waals surface area contributed by atoms with Crippen molar-refractivity contribution in [3.05, 3.63) is 94.5 Å². The molecule has 0 heterocycles. The Bertz CT molecular complexity index is 1100. The highest BCUT2D eigenvalue weighted by atomic mass is 31.2. The van der Waals surface area contributed by atoms with E-state index >= 15 is 0 Å². The summed E-state index contributed by atoms with van der Waals surface area (Å²) in [6.07, 6.45) is 6.11. The van der Waals surface area contributed by atoms with Crippen molar-refractivity contribution in [3.8, 4) is 23.8 Å². The summed E-state index contributed by atoms with van der Waals surface area (Å²) in [6.45, 7) is 5.87. The maximum atomic E-state index is 14.0. The van der Waals surface area contributed by atoms with E-state index in [9.17, 15) is 4.57 Å². The van der Waals surface area contributed by atoms with Crippen molar-refractivity contribution in [2.24, 2.45) is 0 Å². The summed E-state index contributed by atoms with van der Waals surface area (Å²) in [5, 5.41) is 0. The third-order valence-electron chi connectivity index (χ3n) is 4.90. The predicted molar refractivity (Wildman–Crippen MR) is 119 cm³/mol. The maximum Gasteiger partial charge on any atom is 0.435 e. The molecule has 3 rings (SSSR count). The number of para-hydroxylation sites is 1. The van der Waals surface area contributed by atoms with E-state index in [0.717, 1.165) is 27.8 Å². The van der Waals surface area contributed by atoms with Gasteiger partial charge in [-0.15, -0.1) is 12.3 Å². The second kappa shape index (κ2) is 9.03. The summed E-state index contributed by atoms with van der Waals surface area (Å²) < 4.78 is 26.1. The topological polar surface area (TPSA) is 35.5 Å². The van der Waals surface area contributed by atoms with Crippen LogP contribution in [0, 0.1) is 33.1 Å². The van der Waals surface area contributed by atoms with Crippen molar-refractivity contribution < 1.29 is 13.6 Å². The lowest BCUT2D eigenvalue weighted by molar-refractivity contribution is 0.382. The van der Waals surface area contributed by atoms with E-state index in [0.29, 0.717) is 17.9 Å². The quantitative estimate of drug-likeness (QED) is 0.327. The van der Waals surface area contributed by atoms with Crippen molar-refractivity contribution in [3.63, 3.8) is 0 Å². The summed E-state index contributed by atoms with van der Waals surface area (Å²) in [7, 11) is -3.58. The molecule has 3 nitrogen and oxygen atoms in total. The normalized spacial score (nSPS) is 12.6. The van der Waals surface area contributed by atoms with Gasteiger partial charge in [-0.2, -0.15) is 0 Å². The van der Waals surface area contributed by atoms with E-state index in [1.165, 1.54) is 0 Å².